The summed E-state index contributed by atoms with van der Waals surface area (Å²) in [5.74, 6) is 0. The predicted octanol–water partition coefficient (Wildman–Crippen LogP) is 2.48. The van der Waals surface area contributed by atoms with Gasteiger partial charge >= 0.3 is 6.18 Å². The molecule has 0 unspecified atom stereocenters. The first-order chi connectivity index (χ1) is 15.3. The second kappa shape index (κ2) is 7.16. The van der Waals surface area contributed by atoms with E-state index in [2.05, 4.69) is 21.4 Å². The second-order valence-corrected chi connectivity index (χ2v) is 8.03. The summed E-state index contributed by atoms with van der Waals surface area (Å²) in [6, 6.07) is 3.92. The summed E-state index contributed by atoms with van der Waals surface area (Å²) in [5, 5.41) is 22.2. The quantitative estimate of drug-likeness (QED) is 0.473. The fourth-order valence-corrected chi connectivity index (χ4v) is 4.17. The molecule has 4 aromatic rings. The van der Waals surface area contributed by atoms with Gasteiger partial charge in [0.1, 0.15) is 5.54 Å². The summed E-state index contributed by atoms with van der Waals surface area (Å²) >= 11 is 0. The minimum absolute atomic E-state index is 0.0632. The van der Waals surface area contributed by atoms with Crippen LogP contribution in [0.15, 0.2) is 43.2 Å². The first-order valence-electron chi connectivity index (χ1n) is 9.81. The Kier molecular flexibility index (Phi) is 4.52. The summed E-state index contributed by atoms with van der Waals surface area (Å²) in [7, 11) is 1.82. The van der Waals surface area contributed by atoms with Gasteiger partial charge in [-0.3, -0.25) is 14.3 Å². The molecule has 4 aromatic heterocycles. The number of halogens is 3. The van der Waals surface area contributed by atoms with Crippen molar-refractivity contribution in [3.63, 3.8) is 0 Å². The Labute approximate surface area is 180 Å². The molecule has 0 amide bonds. The Hall–Kier alpha value is -3.72. The van der Waals surface area contributed by atoms with Crippen molar-refractivity contribution in [1.82, 2.24) is 39.1 Å². The molecule has 5 heterocycles. The molecular weight excluding hydrogens is 423 g/mol. The topological polar surface area (TPSA) is 92.9 Å². The fourth-order valence-electron chi connectivity index (χ4n) is 4.17. The molecule has 0 N–H and O–H groups in total. The smallest absolute Gasteiger partial charge is 0.290 e. The molecule has 164 valence electrons. The number of aromatic nitrogens is 7. The maximum atomic E-state index is 12.7. The van der Waals surface area contributed by atoms with Gasteiger partial charge in [0.05, 0.1) is 60.7 Å². The SMILES string of the molecule is Cn1cc(-c2cn3nccc3c(-c3cnn(C4(CC#N)CN(CC(F)(F)F)C4)c3)n2)cn1. The standard InChI is InChI=1S/C20H18F3N9/c1-29-8-14(6-26-29)16-10-31-17(2-5-25-31)18(28-16)15-7-27-32(9-15)19(3-4-24)11-30(12-19)13-20(21,22)23/h2,5-10H,3,11-13H2,1H3. The van der Waals surface area contributed by atoms with Crippen molar-refractivity contribution in [1.29, 1.82) is 5.26 Å². The third-order valence-electron chi connectivity index (χ3n) is 5.58. The average Bonchev–Trinajstić information content (AvgIpc) is 3.44. The zero-order valence-corrected chi connectivity index (χ0v) is 17.0. The van der Waals surface area contributed by atoms with Gasteiger partial charge < -0.3 is 0 Å². The predicted molar refractivity (Wildman–Crippen MR) is 107 cm³/mol. The molecule has 0 saturated carbocycles. The summed E-state index contributed by atoms with van der Waals surface area (Å²) in [6.07, 6.45) is 6.16. The second-order valence-electron chi connectivity index (χ2n) is 8.03. The van der Waals surface area contributed by atoms with Crippen molar-refractivity contribution in [3.05, 3.63) is 43.2 Å². The lowest BCUT2D eigenvalue weighted by atomic mass is 9.87. The van der Waals surface area contributed by atoms with Crippen LogP contribution in [0.4, 0.5) is 13.2 Å². The van der Waals surface area contributed by atoms with Crippen molar-refractivity contribution >= 4 is 5.52 Å². The van der Waals surface area contributed by atoms with Crippen LogP contribution >= 0.6 is 0 Å². The van der Waals surface area contributed by atoms with E-state index < -0.39 is 18.3 Å². The molecule has 0 spiro atoms. The summed E-state index contributed by atoms with van der Waals surface area (Å²) in [4.78, 5) is 6.06. The van der Waals surface area contributed by atoms with Crippen molar-refractivity contribution in [3.8, 4) is 28.6 Å². The van der Waals surface area contributed by atoms with Gasteiger partial charge in [-0.2, -0.15) is 33.7 Å². The van der Waals surface area contributed by atoms with E-state index >= 15 is 0 Å². The number of rotatable bonds is 5. The number of hydrogen-bond acceptors (Lipinski definition) is 6. The van der Waals surface area contributed by atoms with Crippen molar-refractivity contribution < 1.29 is 13.2 Å². The molecule has 12 heteroatoms. The van der Waals surface area contributed by atoms with Crippen LogP contribution in [0.3, 0.4) is 0 Å². The van der Waals surface area contributed by atoms with Gasteiger partial charge in [-0.1, -0.05) is 0 Å². The molecule has 0 radical (unpaired) electrons. The Morgan fingerprint density at radius 2 is 1.88 bits per heavy atom. The number of hydrogen-bond donors (Lipinski definition) is 0. The first kappa shape index (κ1) is 20.2. The van der Waals surface area contributed by atoms with Gasteiger partial charge in [-0.05, 0) is 6.07 Å². The zero-order chi connectivity index (χ0) is 22.5. The number of aryl methyl sites for hydroxylation is 1. The normalized spacial score (nSPS) is 16.2. The van der Waals surface area contributed by atoms with E-state index in [1.807, 2.05) is 19.3 Å². The van der Waals surface area contributed by atoms with E-state index in [1.165, 1.54) is 4.90 Å². The lowest BCUT2D eigenvalue weighted by Gasteiger charge is -2.49. The monoisotopic (exact) mass is 441 g/mol. The minimum atomic E-state index is -4.28. The minimum Gasteiger partial charge on any atom is -0.290 e. The van der Waals surface area contributed by atoms with Crippen LogP contribution in [0.5, 0.6) is 0 Å². The molecule has 0 aromatic carbocycles. The maximum absolute atomic E-state index is 12.7. The van der Waals surface area contributed by atoms with Gasteiger partial charge in [0.2, 0.25) is 0 Å². The Bertz CT molecular complexity index is 1320. The largest absolute Gasteiger partial charge is 0.401 e. The molecule has 0 atom stereocenters. The van der Waals surface area contributed by atoms with Crippen LogP contribution in [0.2, 0.25) is 0 Å². The number of nitriles is 1. The molecule has 1 fully saturated rings. The van der Waals surface area contributed by atoms with Crippen molar-refractivity contribution in [2.75, 3.05) is 19.6 Å². The summed E-state index contributed by atoms with van der Waals surface area (Å²) < 4.78 is 43.2. The third kappa shape index (κ3) is 3.50. The van der Waals surface area contributed by atoms with E-state index in [9.17, 15) is 18.4 Å². The number of likely N-dealkylation sites (tertiary alicyclic amines) is 1. The lowest BCUT2D eigenvalue weighted by Crippen LogP contribution is -2.64. The van der Waals surface area contributed by atoms with Crippen LogP contribution in [-0.4, -0.2) is 64.9 Å². The highest BCUT2D eigenvalue weighted by molar-refractivity contribution is 5.78. The van der Waals surface area contributed by atoms with Crippen LogP contribution in [0.25, 0.3) is 28.0 Å². The zero-order valence-electron chi connectivity index (χ0n) is 17.0. The highest BCUT2D eigenvalue weighted by Crippen LogP contribution is 2.36. The number of fused-ring (bicyclic) bond motifs is 1. The van der Waals surface area contributed by atoms with E-state index in [1.54, 1.807) is 44.9 Å². The molecule has 9 nitrogen and oxygen atoms in total. The van der Waals surface area contributed by atoms with Crippen LogP contribution in [-0.2, 0) is 12.6 Å². The van der Waals surface area contributed by atoms with Gasteiger partial charge in [0.25, 0.3) is 0 Å². The van der Waals surface area contributed by atoms with E-state index in [-0.39, 0.29) is 19.5 Å². The van der Waals surface area contributed by atoms with E-state index in [0.29, 0.717) is 17.0 Å². The number of alkyl halides is 3. The molecule has 1 aliphatic rings. The highest BCUT2D eigenvalue weighted by atomic mass is 19.4. The first-order valence-corrected chi connectivity index (χ1v) is 9.81. The van der Waals surface area contributed by atoms with Gasteiger partial charge in [-0.15, -0.1) is 0 Å². The molecule has 0 bridgehead atoms. The van der Waals surface area contributed by atoms with Crippen molar-refractivity contribution in [2.24, 2.45) is 7.05 Å². The summed E-state index contributed by atoms with van der Waals surface area (Å²) in [6.45, 7) is -0.793. The number of nitrogens with zero attached hydrogens (tertiary/aromatic N) is 9. The summed E-state index contributed by atoms with van der Waals surface area (Å²) in [5.41, 5.74) is 2.78. The van der Waals surface area contributed by atoms with Crippen LogP contribution < -0.4 is 0 Å². The Morgan fingerprint density at radius 3 is 2.56 bits per heavy atom. The van der Waals surface area contributed by atoms with E-state index in [0.717, 1.165) is 11.1 Å². The highest BCUT2D eigenvalue weighted by Gasteiger charge is 2.48. The molecule has 0 aliphatic carbocycles. The van der Waals surface area contributed by atoms with Gasteiger partial charge in [-0.25, -0.2) is 9.50 Å². The molecule has 32 heavy (non-hydrogen) atoms. The Balaban J connectivity index is 1.51. The average molecular weight is 441 g/mol. The molecule has 1 aliphatic heterocycles. The van der Waals surface area contributed by atoms with Crippen LogP contribution in [0, 0.1) is 11.3 Å². The maximum Gasteiger partial charge on any atom is 0.401 e. The third-order valence-corrected chi connectivity index (χ3v) is 5.58. The fraction of sp³-hybridized carbons (Fsp3) is 0.350. The van der Waals surface area contributed by atoms with Gasteiger partial charge in [0.15, 0.2) is 0 Å². The van der Waals surface area contributed by atoms with Crippen molar-refractivity contribution in [2.45, 2.75) is 18.1 Å². The lowest BCUT2D eigenvalue weighted by molar-refractivity contribution is -0.167. The van der Waals surface area contributed by atoms with Crippen LogP contribution in [0.1, 0.15) is 6.42 Å². The molecular formula is C20H18F3N9. The Morgan fingerprint density at radius 1 is 1.09 bits per heavy atom. The van der Waals surface area contributed by atoms with Gasteiger partial charge in [0, 0.05) is 43.7 Å². The molecule has 5 rings (SSSR count). The van der Waals surface area contributed by atoms with E-state index in [4.69, 9.17) is 4.98 Å². The molecule has 1 saturated heterocycles.